The lowest BCUT2D eigenvalue weighted by atomic mass is 9.87. The van der Waals surface area contributed by atoms with Crippen LogP contribution >= 0.6 is 11.3 Å². The van der Waals surface area contributed by atoms with Crippen molar-refractivity contribution in [3.8, 4) is 5.75 Å². The van der Waals surface area contributed by atoms with Crippen LogP contribution in [0.15, 0.2) is 29.6 Å². The fourth-order valence-corrected chi connectivity index (χ4v) is 4.16. The number of thiazole rings is 1. The molecule has 1 aromatic heterocycles. The maximum absolute atomic E-state index is 12.3. The highest BCUT2D eigenvalue weighted by molar-refractivity contribution is 7.09. The van der Waals surface area contributed by atoms with Gasteiger partial charge in [-0.25, -0.2) is 9.78 Å². The van der Waals surface area contributed by atoms with Crippen molar-refractivity contribution in [3.63, 3.8) is 0 Å². The predicted octanol–water partition coefficient (Wildman–Crippen LogP) is 3.63. The molecule has 1 aromatic carbocycles. The summed E-state index contributed by atoms with van der Waals surface area (Å²) in [4.78, 5) is 27.6. The Bertz CT molecular complexity index is 784. The molecule has 7 heteroatoms. The standard InChI is InChI=1S/C20H24N2O4S/c23-19(24)12-26-16-8-4-7-15(11-16)20(25)21-10-9-18-22-17(13-27-18)14-5-2-1-3-6-14/h4,7-8,11,13-14H,1-3,5-6,9-10,12H2,(H,21,25)(H,23,24). The van der Waals surface area contributed by atoms with Crippen LogP contribution in [0.1, 0.15) is 59.1 Å². The number of hydrogen-bond acceptors (Lipinski definition) is 5. The minimum Gasteiger partial charge on any atom is -0.482 e. The molecule has 1 aliphatic carbocycles. The Kier molecular flexibility index (Phi) is 6.81. The predicted molar refractivity (Wildman–Crippen MR) is 104 cm³/mol. The molecule has 2 N–H and O–H groups in total. The largest absolute Gasteiger partial charge is 0.482 e. The summed E-state index contributed by atoms with van der Waals surface area (Å²) in [5.41, 5.74) is 1.66. The van der Waals surface area contributed by atoms with E-state index in [1.54, 1.807) is 35.6 Å². The van der Waals surface area contributed by atoms with Gasteiger partial charge in [0.25, 0.3) is 5.91 Å². The monoisotopic (exact) mass is 388 g/mol. The Balaban J connectivity index is 1.47. The molecule has 1 amide bonds. The molecule has 1 fully saturated rings. The summed E-state index contributed by atoms with van der Waals surface area (Å²) >= 11 is 1.66. The smallest absolute Gasteiger partial charge is 0.341 e. The number of aliphatic carboxylic acids is 1. The molecule has 6 nitrogen and oxygen atoms in total. The summed E-state index contributed by atoms with van der Waals surface area (Å²) in [5.74, 6) is -0.297. The van der Waals surface area contributed by atoms with Crippen LogP contribution in [0.2, 0.25) is 0 Å². The van der Waals surface area contributed by atoms with E-state index in [1.807, 2.05) is 0 Å². The zero-order valence-electron chi connectivity index (χ0n) is 15.1. The van der Waals surface area contributed by atoms with E-state index in [9.17, 15) is 9.59 Å². The maximum Gasteiger partial charge on any atom is 0.341 e. The minimum atomic E-state index is -1.05. The van der Waals surface area contributed by atoms with E-state index >= 15 is 0 Å². The van der Waals surface area contributed by atoms with Crippen molar-refractivity contribution in [1.29, 1.82) is 0 Å². The Morgan fingerprint density at radius 2 is 2.07 bits per heavy atom. The van der Waals surface area contributed by atoms with E-state index in [-0.39, 0.29) is 5.91 Å². The maximum atomic E-state index is 12.3. The first kappa shape index (κ1) is 19.4. The second kappa shape index (κ2) is 9.50. The molecule has 2 aromatic rings. The molecule has 144 valence electrons. The van der Waals surface area contributed by atoms with E-state index in [4.69, 9.17) is 14.8 Å². The van der Waals surface area contributed by atoms with E-state index < -0.39 is 12.6 Å². The number of carboxylic acid groups (broad SMARTS) is 1. The van der Waals surface area contributed by atoms with Crippen molar-refractivity contribution in [3.05, 3.63) is 45.9 Å². The third-order valence-electron chi connectivity index (χ3n) is 4.68. The number of hydrogen-bond donors (Lipinski definition) is 2. The topological polar surface area (TPSA) is 88.5 Å². The third-order valence-corrected chi connectivity index (χ3v) is 5.60. The Hall–Kier alpha value is -2.41. The van der Waals surface area contributed by atoms with Crippen molar-refractivity contribution in [2.24, 2.45) is 0 Å². The molecule has 0 saturated heterocycles. The third kappa shape index (κ3) is 5.79. The van der Waals surface area contributed by atoms with E-state index in [2.05, 4.69) is 10.7 Å². The molecule has 0 aliphatic heterocycles. The lowest BCUT2D eigenvalue weighted by Crippen LogP contribution is -2.25. The fourth-order valence-electron chi connectivity index (χ4n) is 3.28. The van der Waals surface area contributed by atoms with Gasteiger partial charge in [-0.05, 0) is 31.0 Å². The molecule has 1 saturated carbocycles. The number of carboxylic acids is 1. The van der Waals surface area contributed by atoms with Crippen LogP contribution in [-0.2, 0) is 11.2 Å². The van der Waals surface area contributed by atoms with Gasteiger partial charge in [0.05, 0.1) is 10.7 Å². The molecule has 1 aliphatic rings. The van der Waals surface area contributed by atoms with Gasteiger partial charge in [-0.15, -0.1) is 11.3 Å². The van der Waals surface area contributed by atoms with Gasteiger partial charge < -0.3 is 15.2 Å². The SMILES string of the molecule is O=C(O)COc1cccc(C(=O)NCCc2nc(C3CCCCC3)cs2)c1. The average Bonchev–Trinajstić information content (AvgIpc) is 3.16. The highest BCUT2D eigenvalue weighted by atomic mass is 32.1. The number of rotatable bonds is 8. The number of benzene rings is 1. The number of carbonyl (C=O) groups is 2. The highest BCUT2D eigenvalue weighted by Gasteiger charge is 2.18. The van der Waals surface area contributed by atoms with E-state index in [0.29, 0.717) is 30.2 Å². The fraction of sp³-hybridized carbons (Fsp3) is 0.450. The summed E-state index contributed by atoms with van der Waals surface area (Å²) in [6, 6.07) is 6.52. The van der Waals surface area contributed by atoms with Crippen LogP contribution < -0.4 is 10.1 Å². The summed E-state index contributed by atoms with van der Waals surface area (Å²) in [6.07, 6.45) is 7.10. The number of nitrogens with one attached hydrogen (secondary N) is 1. The van der Waals surface area contributed by atoms with Crippen LogP contribution in [0, 0.1) is 0 Å². The molecule has 3 rings (SSSR count). The van der Waals surface area contributed by atoms with Gasteiger partial charge in [-0.1, -0.05) is 25.3 Å². The van der Waals surface area contributed by atoms with Crippen LogP contribution in [0.3, 0.4) is 0 Å². The average molecular weight is 388 g/mol. The Labute approximate surface area is 162 Å². The van der Waals surface area contributed by atoms with Crippen molar-refractivity contribution in [1.82, 2.24) is 10.3 Å². The quantitative estimate of drug-likeness (QED) is 0.721. The van der Waals surface area contributed by atoms with Gasteiger partial charge in [0.2, 0.25) is 0 Å². The zero-order chi connectivity index (χ0) is 19.1. The van der Waals surface area contributed by atoms with E-state index in [0.717, 1.165) is 5.01 Å². The Morgan fingerprint density at radius 1 is 1.26 bits per heavy atom. The van der Waals surface area contributed by atoms with Crippen molar-refractivity contribution < 1.29 is 19.4 Å². The second-order valence-electron chi connectivity index (χ2n) is 6.72. The van der Waals surface area contributed by atoms with E-state index in [1.165, 1.54) is 37.8 Å². The van der Waals surface area contributed by atoms with Gasteiger partial charge in [0, 0.05) is 29.8 Å². The summed E-state index contributed by atoms with van der Waals surface area (Å²) in [7, 11) is 0. The molecule has 0 radical (unpaired) electrons. The molecule has 0 unspecified atom stereocenters. The molecule has 0 spiro atoms. The first-order chi connectivity index (χ1) is 13.1. The number of carbonyl (C=O) groups excluding carboxylic acids is 1. The molecule has 1 heterocycles. The Morgan fingerprint density at radius 3 is 2.85 bits per heavy atom. The summed E-state index contributed by atoms with van der Waals surface area (Å²) < 4.78 is 5.10. The molecule has 0 bridgehead atoms. The summed E-state index contributed by atoms with van der Waals surface area (Å²) in [5, 5.41) is 14.8. The number of aromatic nitrogens is 1. The van der Waals surface area contributed by atoms with Crippen LogP contribution in [0.5, 0.6) is 5.75 Å². The van der Waals surface area contributed by atoms with Gasteiger partial charge in [0.1, 0.15) is 5.75 Å². The first-order valence-electron chi connectivity index (χ1n) is 9.29. The van der Waals surface area contributed by atoms with Gasteiger partial charge in [0.15, 0.2) is 6.61 Å². The van der Waals surface area contributed by atoms with Gasteiger partial charge in [-0.3, -0.25) is 4.79 Å². The second-order valence-corrected chi connectivity index (χ2v) is 7.66. The molecule has 27 heavy (non-hydrogen) atoms. The number of amides is 1. The van der Waals surface area contributed by atoms with Crippen molar-refractivity contribution in [2.75, 3.05) is 13.2 Å². The van der Waals surface area contributed by atoms with Gasteiger partial charge >= 0.3 is 5.97 Å². The molecular weight excluding hydrogens is 364 g/mol. The molecular formula is C20H24N2O4S. The highest BCUT2D eigenvalue weighted by Crippen LogP contribution is 2.33. The van der Waals surface area contributed by atoms with Crippen LogP contribution in [0.4, 0.5) is 0 Å². The molecule has 0 atom stereocenters. The lowest BCUT2D eigenvalue weighted by molar-refractivity contribution is -0.139. The van der Waals surface area contributed by atoms with Gasteiger partial charge in [-0.2, -0.15) is 0 Å². The lowest BCUT2D eigenvalue weighted by Gasteiger charge is -2.19. The van der Waals surface area contributed by atoms with Crippen molar-refractivity contribution in [2.45, 2.75) is 44.4 Å². The van der Waals surface area contributed by atoms with Crippen molar-refractivity contribution >= 4 is 23.2 Å². The first-order valence-corrected chi connectivity index (χ1v) is 10.2. The summed E-state index contributed by atoms with van der Waals surface area (Å²) in [6.45, 7) is 0.0785. The normalized spacial score (nSPS) is 14.7. The number of nitrogens with zero attached hydrogens (tertiary/aromatic N) is 1. The van der Waals surface area contributed by atoms with Crippen LogP contribution in [0.25, 0.3) is 0 Å². The van der Waals surface area contributed by atoms with Crippen LogP contribution in [-0.4, -0.2) is 35.1 Å². The number of ether oxygens (including phenoxy) is 1. The minimum absolute atomic E-state index is 0.208. The zero-order valence-corrected chi connectivity index (χ0v) is 16.0.